The summed E-state index contributed by atoms with van der Waals surface area (Å²) in [6.45, 7) is 0.866. The van der Waals surface area contributed by atoms with Gasteiger partial charge in [0.2, 0.25) is 0 Å². The molecular formula is C16H13NO3W. The van der Waals surface area contributed by atoms with Gasteiger partial charge in [0.05, 0.1) is 18.9 Å². The minimum absolute atomic E-state index is 0. The number of nitrogens with one attached hydrogen (secondary N) is 1. The molecule has 21 heavy (non-hydrogen) atoms. The molecule has 0 bridgehead atoms. The maximum atomic E-state index is 12.1. The minimum atomic E-state index is -1.25. The van der Waals surface area contributed by atoms with E-state index < -0.39 is 5.79 Å². The van der Waals surface area contributed by atoms with Crippen LogP contribution in [0.15, 0.2) is 48.5 Å². The Hall–Kier alpha value is -1.48. The molecule has 1 N–H and O–H groups in total. The molecule has 1 amide bonds. The molecule has 0 saturated carbocycles. The summed E-state index contributed by atoms with van der Waals surface area (Å²) in [4.78, 5) is 12.1. The van der Waals surface area contributed by atoms with Crippen LogP contribution in [0.25, 0.3) is 11.1 Å². The average molecular weight is 451 g/mol. The largest absolute Gasteiger partial charge is 0.336 e. The molecule has 0 aromatic heterocycles. The number of carbonyl (C=O) groups excluding carboxylic acids is 1. The van der Waals surface area contributed by atoms with Crippen LogP contribution < -0.4 is 5.32 Å². The first-order valence-electron chi connectivity index (χ1n) is 6.59. The Balaban J connectivity index is 0.00000132. The van der Waals surface area contributed by atoms with Crippen LogP contribution in [0.1, 0.15) is 5.56 Å². The summed E-state index contributed by atoms with van der Waals surface area (Å²) in [7, 11) is 0. The zero-order chi connectivity index (χ0) is 13.6. The first-order valence-corrected chi connectivity index (χ1v) is 6.59. The molecule has 0 aliphatic carbocycles. The van der Waals surface area contributed by atoms with Crippen LogP contribution in [0.4, 0.5) is 5.69 Å². The van der Waals surface area contributed by atoms with E-state index in [-0.39, 0.29) is 27.0 Å². The van der Waals surface area contributed by atoms with E-state index in [0.29, 0.717) is 13.2 Å². The minimum Gasteiger partial charge on any atom is -0.336 e. The maximum Gasteiger partial charge on any atom is 0.289 e. The third-order valence-electron chi connectivity index (χ3n) is 3.72. The number of fused-ring (bicyclic) bond motifs is 2. The molecule has 2 aliphatic rings. The number of anilines is 1. The Kier molecular flexibility index (Phi) is 3.70. The quantitative estimate of drug-likeness (QED) is 0.726. The summed E-state index contributed by atoms with van der Waals surface area (Å²) in [5.74, 6) is -1.49. The number of benzene rings is 2. The molecule has 2 heterocycles. The van der Waals surface area contributed by atoms with Gasteiger partial charge in [0.25, 0.3) is 11.7 Å². The second-order valence-corrected chi connectivity index (χ2v) is 4.89. The number of amides is 1. The predicted molar refractivity (Wildman–Crippen MR) is 74.1 cm³/mol. The van der Waals surface area contributed by atoms with Gasteiger partial charge in [-0.2, -0.15) is 0 Å². The van der Waals surface area contributed by atoms with Gasteiger partial charge < -0.3 is 14.8 Å². The second kappa shape index (κ2) is 5.37. The van der Waals surface area contributed by atoms with Gasteiger partial charge in [-0.1, -0.05) is 36.4 Å². The van der Waals surface area contributed by atoms with Crippen molar-refractivity contribution < 1.29 is 35.3 Å². The Bertz CT molecular complexity index is 681. The van der Waals surface area contributed by atoms with Gasteiger partial charge in [-0.3, -0.25) is 4.79 Å². The van der Waals surface area contributed by atoms with E-state index in [0.717, 1.165) is 22.4 Å². The molecule has 0 unspecified atom stereocenters. The zero-order valence-corrected chi connectivity index (χ0v) is 14.1. The smallest absolute Gasteiger partial charge is 0.289 e. The molecule has 4 nitrogen and oxygen atoms in total. The fourth-order valence-electron chi connectivity index (χ4n) is 2.76. The van der Waals surface area contributed by atoms with Crippen LogP contribution in [-0.4, -0.2) is 19.1 Å². The molecule has 5 heteroatoms. The Morgan fingerprint density at radius 3 is 2.38 bits per heavy atom. The summed E-state index contributed by atoms with van der Waals surface area (Å²) in [5, 5.41) is 2.82. The van der Waals surface area contributed by atoms with Crippen molar-refractivity contribution in [3.63, 3.8) is 0 Å². The van der Waals surface area contributed by atoms with Crippen molar-refractivity contribution in [2.45, 2.75) is 5.79 Å². The van der Waals surface area contributed by atoms with Gasteiger partial charge in [-0.15, -0.1) is 0 Å². The number of carbonyl (C=O) groups is 1. The number of hydrogen-bond donors (Lipinski definition) is 1. The topological polar surface area (TPSA) is 47.6 Å². The van der Waals surface area contributed by atoms with Crippen molar-refractivity contribution in [1.29, 1.82) is 0 Å². The van der Waals surface area contributed by atoms with Gasteiger partial charge in [-0.05, 0) is 23.3 Å². The fraction of sp³-hybridized carbons (Fsp3) is 0.188. The standard InChI is InChI=1S/C16H13NO3.W/c18-15-16(19-8-9-20-16)13-10-12(6-7-14(13)17-15)11-4-2-1-3-5-11;/h1-7,10H,8-9H2,(H,17,18);. The van der Waals surface area contributed by atoms with Gasteiger partial charge >= 0.3 is 0 Å². The van der Waals surface area contributed by atoms with Gasteiger partial charge in [-0.25, -0.2) is 0 Å². The van der Waals surface area contributed by atoms with Crippen LogP contribution >= 0.6 is 0 Å². The first-order chi connectivity index (χ1) is 9.79. The molecule has 1 spiro atoms. The fourth-order valence-corrected chi connectivity index (χ4v) is 2.76. The molecule has 2 aliphatic heterocycles. The monoisotopic (exact) mass is 451 g/mol. The molecule has 0 atom stereocenters. The molecule has 106 valence electrons. The van der Waals surface area contributed by atoms with E-state index in [1.807, 2.05) is 48.5 Å². The maximum absolute atomic E-state index is 12.1. The summed E-state index contributed by atoms with van der Waals surface area (Å²) in [5.41, 5.74) is 3.67. The average Bonchev–Trinajstić information content (AvgIpc) is 3.08. The van der Waals surface area contributed by atoms with Crippen molar-refractivity contribution in [1.82, 2.24) is 0 Å². The van der Waals surface area contributed by atoms with Crippen molar-refractivity contribution in [3.8, 4) is 11.1 Å². The molecule has 0 radical (unpaired) electrons. The van der Waals surface area contributed by atoms with E-state index in [1.165, 1.54) is 0 Å². The van der Waals surface area contributed by atoms with E-state index in [1.54, 1.807) is 0 Å². The Labute approximate surface area is 136 Å². The van der Waals surface area contributed by atoms with Crippen LogP contribution in [0, 0.1) is 0 Å². The molecule has 1 saturated heterocycles. The molecular weight excluding hydrogens is 438 g/mol. The first kappa shape index (κ1) is 14.5. The molecule has 4 rings (SSSR count). The van der Waals surface area contributed by atoms with E-state index in [4.69, 9.17) is 9.47 Å². The SMILES string of the molecule is O=C1Nc2ccc(-c3ccccc3)cc2C12OCCO2.[W]. The molecule has 2 aromatic carbocycles. The normalized spacial score (nSPS) is 18.2. The van der Waals surface area contributed by atoms with Gasteiger partial charge in [0, 0.05) is 26.6 Å². The van der Waals surface area contributed by atoms with Crippen LogP contribution in [-0.2, 0) is 41.1 Å². The third kappa shape index (κ3) is 2.15. The van der Waals surface area contributed by atoms with Crippen molar-refractivity contribution >= 4 is 11.6 Å². The zero-order valence-electron chi connectivity index (χ0n) is 11.2. The predicted octanol–water partition coefficient (Wildman–Crippen LogP) is 2.50. The number of rotatable bonds is 1. The van der Waals surface area contributed by atoms with Crippen molar-refractivity contribution in [2.75, 3.05) is 18.5 Å². The van der Waals surface area contributed by atoms with Gasteiger partial charge in [0.15, 0.2) is 0 Å². The van der Waals surface area contributed by atoms with E-state index >= 15 is 0 Å². The van der Waals surface area contributed by atoms with E-state index in [2.05, 4.69) is 5.32 Å². The summed E-state index contributed by atoms with van der Waals surface area (Å²) in [6.07, 6.45) is 0. The van der Waals surface area contributed by atoms with Crippen LogP contribution in [0.2, 0.25) is 0 Å². The van der Waals surface area contributed by atoms with Crippen molar-refractivity contribution in [3.05, 3.63) is 54.1 Å². The summed E-state index contributed by atoms with van der Waals surface area (Å²) < 4.78 is 11.2. The number of ether oxygens (including phenoxy) is 2. The molecule has 2 aromatic rings. The third-order valence-corrected chi connectivity index (χ3v) is 3.72. The summed E-state index contributed by atoms with van der Waals surface area (Å²) in [6, 6.07) is 15.9. The van der Waals surface area contributed by atoms with Crippen LogP contribution in [0.3, 0.4) is 0 Å². The summed E-state index contributed by atoms with van der Waals surface area (Å²) >= 11 is 0. The Morgan fingerprint density at radius 2 is 1.67 bits per heavy atom. The molecule has 1 fully saturated rings. The van der Waals surface area contributed by atoms with Crippen LogP contribution in [0.5, 0.6) is 0 Å². The van der Waals surface area contributed by atoms with E-state index in [9.17, 15) is 4.79 Å². The number of hydrogen-bond acceptors (Lipinski definition) is 3. The second-order valence-electron chi connectivity index (χ2n) is 4.89. The Morgan fingerprint density at radius 1 is 0.952 bits per heavy atom. The van der Waals surface area contributed by atoms with Crippen molar-refractivity contribution in [2.24, 2.45) is 0 Å². The van der Waals surface area contributed by atoms with Gasteiger partial charge in [0.1, 0.15) is 0 Å².